The topological polar surface area (TPSA) is 122 Å². The van der Waals surface area contributed by atoms with Gasteiger partial charge < -0.3 is 18.9 Å². The first-order valence-corrected chi connectivity index (χ1v) is 15.6. The number of hydrogen-bond donors (Lipinski definition) is 0. The van der Waals surface area contributed by atoms with Crippen LogP contribution in [-0.2, 0) is 28.7 Å². The molecule has 236 valence electrons. The molecule has 2 saturated heterocycles. The van der Waals surface area contributed by atoms with E-state index in [2.05, 4.69) is 0 Å². The molecule has 2 heterocycles. The second-order valence-electron chi connectivity index (χ2n) is 11.8. The lowest BCUT2D eigenvalue weighted by molar-refractivity contribution is -0.155. The van der Waals surface area contributed by atoms with Gasteiger partial charge in [0.2, 0.25) is 0 Å². The van der Waals surface area contributed by atoms with Crippen molar-refractivity contribution < 1.29 is 42.9 Å². The number of carbonyl (C=O) groups is 5. The Morgan fingerprint density at radius 2 is 1.37 bits per heavy atom. The van der Waals surface area contributed by atoms with Gasteiger partial charge in [0.15, 0.2) is 5.78 Å². The van der Waals surface area contributed by atoms with E-state index < -0.39 is 47.5 Å². The Morgan fingerprint density at radius 3 is 2.07 bits per heavy atom. The molecule has 0 bridgehead atoms. The summed E-state index contributed by atoms with van der Waals surface area (Å²) < 4.78 is 21.6. The molecule has 2 fully saturated rings. The normalized spacial score (nSPS) is 21.9. The number of carbonyl (C=O) groups excluding carboxylic acids is 5. The van der Waals surface area contributed by atoms with Crippen molar-refractivity contribution in [1.29, 1.82) is 0 Å². The van der Waals surface area contributed by atoms with E-state index in [1.54, 1.807) is 36.4 Å². The summed E-state index contributed by atoms with van der Waals surface area (Å²) >= 11 is 0. The highest BCUT2D eigenvalue weighted by atomic mass is 16.6. The van der Waals surface area contributed by atoms with Gasteiger partial charge in [0, 0.05) is 5.56 Å². The average molecular weight is 623 g/mol. The molecule has 1 aliphatic carbocycles. The fraction of sp³-hybridized carbons (Fsp3) is 0.324. The van der Waals surface area contributed by atoms with Gasteiger partial charge in [-0.05, 0) is 85.1 Å². The van der Waals surface area contributed by atoms with Gasteiger partial charge in [-0.2, -0.15) is 0 Å². The molecule has 4 atom stereocenters. The van der Waals surface area contributed by atoms with E-state index >= 15 is 0 Å². The second-order valence-corrected chi connectivity index (χ2v) is 11.8. The van der Waals surface area contributed by atoms with Crippen LogP contribution in [0.1, 0.15) is 77.4 Å². The number of unbranched alkanes of at least 4 members (excludes halogenated alkanes) is 3. The van der Waals surface area contributed by atoms with Crippen LogP contribution in [-0.4, -0.2) is 42.9 Å². The molecule has 9 heteroatoms. The first-order valence-electron chi connectivity index (χ1n) is 15.6. The van der Waals surface area contributed by atoms with E-state index in [0.717, 1.165) is 42.6 Å². The monoisotopic (exact) mass is 622 g/mol. The highest BCUT2D eigenvalue weighted by molar-refractivity contribution is 6.06. The Hall–Kier alpha value is -5.05. The van der Waals surface area contributed by atoms with Crippen LogP contribution in [0.4, 0.5) is 0 Å². The van der Waals surface area contributed by atoms with E-state index in [0.29, 0.717) is 30.1 Å². The van der Waals surface area contributed by atoms with E-state index in [-0.39, 0.29) is 18.6 Å². The number of ether oxygens (including phenoxy) is 4. The van der Waals surface area contributed by atoms with Gasteiger partial charge in [-0.25, -0.2) is 0 Å². The predicted octanol–water partition coefficient (Wildman–Crippen LogP) is 5.96. The van der Waals surface area contributed by atoms with E-state index in [1.807, 2.05) is 48.5 Å². The summed E-state index contributed by atoms with van der Waals surface area (Å²) in [6.07, 6.45) is 7.18. The third-order valence-electron chi connectivity index (χ3n) is 8.79. The molecule has 0 radical (unpaired) electrons. The van der Waals surface area contributed by atoms with Crippen LogP contribution in [0.25, 0.3) is 6.08 Å². The minimum absolute atomic E-state index is 0.0393. The van der Waals surface area contributed by atoms with Crippen molar-refractivity contribution in [2.24, 2.45) is 11.8 Å². The van der Waals surface area contributed by atoms with Crippen molar-refractivity contribution in [1.82, 2.24) is 0 Å². The number of ketones is 1. The maximum Gasteiger partial charge on any atom is 0.321 e. The fourth-order valence-corrected chi connectivity index (χ4v) is 6.43. The molecule has 0 spiro atoms. The summed E-state index contributed by atoms with van der Waals surface area (Å²) in [5, 5.41) is 0. The van der Waals surface area contributed by atoms with E-state index in [9.17, 15) is 24.0 Å². The molecule has 46 heavy (non-hydrogen) atoms. The van der Waals surface area contributed by atoms with Gasteiger partial charge in [-0.3, -0.25) is 24.0 Å². The molecule has 0 N–H and O–H groups in total. The smallest absolute Gasteiger partial charge is 0.321 e. The SMILES string of the molecule is O=C1CC(C2CC3C(=O)OC(=O)C3c3cc(OCCCCCCOc4ccc(C=CC(=O)c5ccccc5)cc4)ccc32)C(=O)O1. The predicted molar refractivity (Wildman–Crippen MR) is 166 cm³/mol. The van der Waals surface area contributed by atoms with Crippen LogP contribution in [0.2, 0.25) is 0 Å². The Balaban J connectivity index is 0.938. The van der Waals surface area contributed by atoms with Crippen molar-refractivity contribution in [3.8, 4) is 11.5 Å². The van der Waals surface area contributed by atoms with Crippen molar-refractivity contribution in [3.05, 3.63) is 101 Å². The third kappa shape index (κ3) is 6.93. The second kappa shape index (κ2) is 13.9. The lowest BCUT2D eigenvalue weighted by atomic mass is 9.67. The number of cyclic esters (lactones) is 4. The van der Waals surface area contributed by atoms with Gasteiger partial charge in [-0.1, -0.05) is 54.6 Å². The Bertz CT molecular complexity index is 1660. The molecule has 3 aliphatic rings. The number of allylic oxidation sites excluding steroid dienone is 1. The Morgan fingerprint density at radius 1 is 0.696 bits per heavy atom. The minimum atomic E-state index is -0.744. The van der Waals surface area contributed by atoms with E-state index in [4.69, 9.17) is 18.9 Å². The lowest BCUT2D eigenvalue weighted by Gasteiger charge is -2.33. The van der Waals surface area contributed by atoms with Crippen LogP contribution in [0.15, 0.2) is 78.9 Å². The first kappa shape index (κ1) is 31.0. The molecule has 9 nitrogen and oxygen atoms in total. The van der Waals surface area contributed by atoms with Crippen LogP contribution in [0.3, 0.4) is 0 Å². The molecule has 4 unspecified atom stereocenters. The summed E-state index contributed by atoms with van der Waals surface area (Å²) in [6.45, 7) is 1.07. The van der Waals surface area contributed by atoms with Gasteiger partial charge >= 0.3 is 23.9 Å². The molecule has 0 aromatic heterocycles. The molecule has 3 aromatic rings. The fourth-order valence-electron chi connectivity index (χ4n) is 6.43. The highest BCUT2D eigenvalue weighted by Gasteiger charge is 2.53. The molecule has 6 rings (SSSR count). The number of esters is 4. The van der Waals surface area contributed by atoms with Crippen molar-refractivity contribution in [2.45, 2.75) is 50.4 Å². The maximum atomic E-state index is 12.6. The molecular weight excluding hydrogens is 588 g/mol. The molecule has 0 saturated carbocycles. The van der Waals surface area contributed by atoms with E-state index in [1.165, 1.54) is 0 Å². The standard InChI is InChI=1S/C37H34O9/c38-32(24-8-4-3-5-9-24)17-12-23-10-13-25(14-11-23)43-18-6-1-2-7-19-44-26-15-16-27-28(30-22-33(39)45-35(30)40)21-31-34(29(27)20-26)37(42)46-36(31)41/h3-5,8-17,20,28,30-31,34H,1-2,6-7,18-19,21-22H2. The highest BCUT2D eigenvalue weighted by Crippen LogP contribution is 2.51. The summed E-state index contributed by atoms with van der Waals surface area (Å²) in [5.41, 5.74) is 2.94. The number of rotatable bonds is 13. The third-order valence-corrected chi connectivity index (χ3v) is 8.79. The van der Waals surface area contributed by atoms with Gasteiger partial charge in [-0.15, -0.1) is 0 Å². The zero-order valence-corrected chi connectivity index (χ0v) is 25.2. The lowest BCUT2D eigenvalue weighted by Crippen LogP contribution is -2.31. The van der Waals surface area contributed by atoms with Gasteiger partial charge in [0.1, 0.15) is 11.5 Å². The zero-order chi connectivity index (χ0) is 32.0. The first-order chi connectivity index (χ1) is 22.4. The molecular formula is C37H34O9. The quantitative estimate of drug-likeness (QED) is 0.0747. The number of benzene rings is 3. The average Bonchev–Trinajstić information content (AvgIpc) is 3.56. The Kier molecular flexibility index (Phi) is 9.38. The van der Waals surface area contributed by atoms with Crippen LogP contribution < -0.4 is 9.47 Å². The summed E-state index contributed by atoms with van der Waals surface area (Å²) in [5.74, 6) is -3.61. The van der Waals surface area contributed by atoms with Crippen molar-refractivity contribution in [3.63, 3.8) is 0 Å². The molecule has 3 aromatic carbocycles. The number of fused-ring (bicyclic) bond motifs is 3. The summed E-state index contributed by atoms with van der Waals surface area (Å²) in [7, 11) is 0. The minimum Gasteiger partial charge on any atom is -0.494 e. The molecule has 2 aliphatic heterocycles. The largest absolute Gasteiger partial charge is 0.494 e. The summed E-state index contributed by atoms with van der Waals surface area (Å²) in [4.78, 5) is 61.4. The van der Waals surface area contributed by atoms with Gasteiger partial charge in [0.05, 0.1) is 37.4 Å². The Labute approximate surface area is 266 Å². The van der Waals surface area contributed by atoms with Crippen LogP contribution in [0, 0.1) is 11.8 Å². The molecule has 0 amide bonds. The van der Waals surface area contributed by atoms with Crippen LogP contribution >= 0.6 is 0 Å². The summed E-state index contributed by atoms with van der Waals surface area (Å²) in [6, 6.07) is 22.1. The zero-order valence-electron chi connectivity index (χ0n) is 25.2. The maximum absolute atomic E-state index is 12.6. The van der Waals surface area contributed by atoms with Crippen LogP contribution in [0.5, 0.6) is 11.5 Å². The van der Waals surface area contributed by atoms with Crippen molar-refractivity contribution >= 4 is 35.7 Å². The van der Waals surface area contributed by atoms with Gasteiger partial charge in [0.25, 0.3) is 0 Å². The van der Waals surface area contributed by atoms with Crippen molar-refractivity contribution in [2.75, 3.05) is 13.2 Å². The number of hydrogen-bond acceptors (Lipinski definition) is 9.